The minimum atomic E-state index is 0.201. The molecule has 7 aromatic rings. The second-order valence-corrected chi connectivity index (χ2v) is 10.8. The van der Waals surface area contributed by atoms with Gasteiger partial charge in [-0.05, 0) is 81.1 Å². The van der Waals surface area contributed by atoms with E-state index in [2.05, 4.69) is 148 Å². The Bertz CT molecular complexity index is 2000. The van der Waals surface area contributed by atoms with Crippen molar-refractivity contribution in [3.8, 4) is 16.8 Å². The molecule has 1 heterocycles. The van der Waals surface area contributed by atoms with Gasteiger partial charge in [-0.15, -0.1) is 0 Å². The summed E-state index contributed by atoms with van der Waals surface area (Å²) < 4.78 is 3.56. The Labute approximate surface area is 223 Å². The molecule has 0 spiro atoms. The summed E-state index contributed by atoms with van der Waals surface area (Å²) in [5.74, 6) is 0.201. The second kappa shape index (κ2) is 7.93. The lowest BCUT2D eigenvalue weighted by Crippen LogP contribution is -2.00. The molecule has 1 nitrogen and oxygen atoms in total. The third-order valence-corrected chi connectivity index (χ3v) is 8.39. The standard InChI is InChI=1S/C35H22BrN/c36-24-11-8-10-23(19-24)34-28-16-7-6-15-27(28)29-20-31-33(21-30(29)34)37(25-12-2-1-3-13-25)32-18-17-22-9-4-5-14-26(22)35(31)32/h1-21,34H. The number of aromatic nitrogens is 1. The summed E-state index contributed by atoms with van der Waals surface area (Å²) >= 11 is 3.71. The summed E-state index contributed by atoms with van der Waals surface area (Å²) in [5, 5.41) is 5.20. The Morgan fingerprint density at radius 2 is 1.35 bits per heavy atom. The van der Waals surface area contributed by atoms with Crippen LogP contribution >= 0.6 is 15.9 Å². The Hall–Kier alpha value is -4.14. The van der Waals surface area contributed by atoms with Crippen LogP contribution in [0.4, 0.5) is 0 Å². The summed E-state index contributed by atoms with van der Waals surface area (Å²) in [6.07, 6.45) is 0. The van der Waals surface area contributed by atoms with Gasteiger partial charge in [0.15, 0.2) is 0 Å². The fourth-order valence-electron chi connectivity index (χ4n) is 6.38. The van der Waals surface area contributed by atoms with Gasteiger partial charge in [0.2, 0.25) is 0 Å². The van der Waals surface area contributed by atoms with E-state index < -0.39 is 0 Å². The first kappa shape index (κ1) is 21.0. The molecule has 174 valence electrons. The summed E-state index contributed by atoms with van der Waals surface area (Å²) in [4.78, 5) is 0. The first-order chi connectivity index (χ1) is 18.3. The summed E-state index contributed by atoms with van der Waals surface area (Å²) in [5.41, 5.74) is 10.4. The molecule has 0 amide bonds. The highest BCUT2D eigenvalue weighted by molar-refractivity contribution is 9.10. The lowest BCUT2D eigenvalue weighted by atomic mass is 9.89. The SMILES string of the molecule is Brc1cccc(C2c3ccccc3-c3cc4c5c6ccccc6ccc5n(-c5ccccc5)c4cc32)c1. The molecule has 1 unspecified atom stereocenters. The zero-order chi connectivity index (χ0) is 24.5. The molecule has 2 heteroatoms. The van der Waals surface area contributed by atoms with Crippen LogP contribution in [-0.4, -0.2) is 4.57 Å². The molecule has 1 aromatic heterocycles. The van der Waals surface area contributed by atoms with Crippen molar-refractivity contribution in [3.05, 3.63) is 149 Å². The van der Waals surface area contributed by atoms with Crippen LogP contribution < -0.4 is 0 Å². The largest absolute Gasteiger partial charge is 0.309 e. The molecule has 0 saturated carbocycles. The van der Waals surface area contributed by atoms with Gasteiger partial charge in [0.05, 0.1) is 11.0 Å². The number of halogens is 1. The average molecular weight is 536 g/mol. The van der Waals surface area contributed by atoms with Crippen LogP contribution in [0.3, 0.4) is 0 Å². The van der Waals surface area contributed by atoms with E-state index in [1.165, 1.54) is 66.1 Å². The normalized spacial score (nSPS) is 14.4. The molecule has 8 rings (SSSR count). The van der Waals surface area contributed by atoms with Crippen LogP contribution in [0.2, 0.25) is 0 Å². The van der Waals surface area contributed by atoms with E-state index in [1.54, 1.807) is 0 Å². The van der Waals surface area contributed by atoms with Crippen molar-refractivity contribution in [1.82, 2.24) is 4.57 Å². The fourth-order valence-corrected chi connectivity index (χ4v) is 6.80. The van der Waals surface area contributed by atoms with E-state index in [4.69, 9.17) is 0 Å². The van der Waals surface area contributed by atoms with Crippen LogP contribution in [0, 0.1) is 0 Å². The molecule has 1 aliphatic carbocycles. The quantitative estimate of drug-likeness (QED) is 0.207. The third-order valence-electron chi connectivity index (χ3n) is 7.90. The van der Waals surface area contributed by atoms with E-state index in [1.807, 2.05) is 0 Å². The van der Waals surface area contributed by atoms with Gasteiger partial charge < -0.3 is 4.57 Å². The number of fused-ring (bicyclic) bond motifs is 8. The van der Waals surface area contributed by atoms with E-state index >= 15 is 0 Å². The molecule has 0 N–H and O–H groups in total. The molecule has 1 atom stereocenters. The number of rotatable bonds is 2. The first-order valence-corrected chi connectivity index (χ1v) is 13.5. The molecule has 37 heavy (non-hydrogen) atoms. The van der Waals surface area contributed by atoms with Gasteiger partial charge in [-0.3, -0.25) is 0 Å². The van der Waals surface area contributed by atoms with E-state index in [9.17, 15) is 0 Å². The van der Waals surface area contributed by atoms with Crippen molar-refractivity contribution < 1.29 is 0 Å². The van der Waals surface area contributed by atoms with Gasteiger partial charge in [-0.1, -0.05) is 101 Å². The molecule has 0 aliphatic heterocycles. The molecule has 1 aliphatic rings. The maximum atomic E-state index is 3.71. The zero-order valence-corrected chi connectivity index (χ0v) is 21.6. The summed E-state index contributed by atoms with van der Waals surface area (Å²) in [6.45, 7) is 0. The lowest BCUT2D eigenvalue weighted by molar-refractivity contribution is 1.01. The van der Waals surface area contributed by atoms with Crippen LogP contribution in [-0.2, 0) is 0 Å². The molecular weight excluding hydrogens is 514 g/mol. The van der Waals surface area contributed by atoms with Crippen molar-refractivity contribution in [1.29, 1.82) is 0 Å². The lowest BCUT2D eigenvalue weighted by Gasteiger charge is -2.15. The van der Waals surface area contributed by atoms with Crippen molar-refractivity contribution in [2.75, 3.05) is 0 Å². The minimum Gasteiger partial charge on any atom is -0.309 e. The first-order valence-electron chi connectivity index (χ1n) is 12.7. The van der Waals surface area contributed by atoms with Gasteiger partial charge in [-0.25, -0.2) is 0 Å². The third kappa shape index (κ3) is 3.03. The van der Waals surface area contributed by atoms with Crippen molar-refractivity contribution in [2.24, 2.45) is 0 Å². The van der Waals surface area contributed by atoms with Gasteiger partial charge in [0, 0.05) is 26.9 Å². The molecule has 0 radical (unpaired) electrons. The molecule has 0 fully saturated rings. The van der Waals surface area contributed by atoms with Crippen LogP contribution in [0.5, 0.6) is 0 Å². The average Bonchev–Trinajstić information content (AvgIpc) is 3.44. The Kier molecular flexibility index (Phi) is 4.50. The van der Waals surface area contributed by atoms with Gasteiger partial charge in [0.1, 0.15) is 0 Å². The van der Waals surface area contributed by atoms with Crippen molar-refractivity contribution in [2.45, 2.75) is 5.92 Å². The molecule has 0 bridgehead atoms. The number of benzene rings is 6. The van der Waals surface area contributed by atoms with Crippen LogP contribution in [0.15, 0.2) is 132 Å². The monoisotopic (exact) mass is 535 g/mol. The number of hydrogen-bond acceptors (Lipinski definition) is 0. The highest BCUT2D eigenvalue weighted by Gasteiger charge is 2.31. The van der Waals surface area contributed by atoms with Crippen LogP contribution in [0.1, 0.15) is 22.6 Å². The topological polar surface area (TPSA) is 4.93 Å². The maximum absolute atomic E-state index is 3.71. The maximum Gasteiger partial charge on any atom is 0.0547 e. The highest BCUT2D eigenvalue weighted by Crippen LogP contribution is 2.51. The van der Waals surface area contributed by atoms with E-state index in [0.29, 0.717) is 0 Å². The second-order valence-electron chi connectivity index (χ2n) is 9.88. The number of hydrogen-bond donors (Lipinski definition) is 0. The van der Waals surface area contributed by atoms with E-state index in [-0.39, 0.29) is 5.92 Å². The number of nitrogens with zero attached hydrogens (tertiary/aromatic N) is 1. The van der Waals surface area contributed by atoms with E-state index in [0.717, 1.165) is 4.47 Å². The Balaban J connectivity index is 1.54. The summed E-state index contributed by atoms with van der Waals surface area (Å²) in [7, 11) is 0. The Morgan fingerprint density at radius 1 is 0.541 bits per heavy atom. The fraction of sp³-hybridized carbons (Fsp3) is 0.0286. The summed E-state index contributed by atoms with van der Waals surface area (Å²) in [6, 6.07) is 46.7. The smallest absolute Gasteiger partial charge is 0.0547 e. The molecular formula is C35H22BrN. The minimum absolute atomic E-state index is 0.201. The highest BCUT2D eigenvalue weighted by atomic mass is 79.9. The molecule has 6 aromatic carbocycles. The van der Waals surface area contributed by atoms with Crippen molar-refractivity contribution >= 4 is 48.5 Å². The number of para-hydroxylation sites is 1. The van der Waals surface area contributed by atoms with Crippen LogP contribution in [0.25, 0.3) is 49.4 Å². The van der Waals surface area contributed by atoms with Gasteiger partial charge >= 0.3 is 0 Å². The predicted molar refractivity (Wildman–Crippen MR) is 159 cm³/mol. The predicted octanol–water partition coefficient (Wildman–Crippen LogP) is 9.86. The zero-order valence-electron chi connectivity index (χ0n) is 20.0. The Morgan fingerprint density at radius 3 is 2.24 bits per heavy atom. The molecule has 0 saturated heterocycles. The van der Waals surface area contributed by atoms with Gasteiger partial charge in [0.25, 0.3) is 0 Å². The van der Waals surface area contributed by atoms with Gasteiger partial charge in [-0.2, -0.15) is 0 Å². The van der Waals surface area contributed by atoms with Crippen molar-refractivity contribution in [3.63, 3.8) is 0 Å².